The van der Waals surface area contributed by atoms with Crippen LogP contribution in [-0.4, -0.2) is 47.4 Å². The summed E-state index contributed by atoms with van der Waals surface area (Å²) < 4.78 is 31.5. The molecule has 34 heavy (non-hydrogen) atoms. The molecule has 8 nitrogen and oxygen atoms in total. The lowest BCUT2D eigenvalue weighted by molar-refractivity contribution is 0.483. The predicted octanol–water partition coefficient (Wildman–Crippen LogP) is 3.52. The van der Waals surface area contributed by atoms with Crippen molar-refractivity contribution in [3.05, 3.63) is 83.2 Å². The van der Waals surface area contributed by atoms with Crippen molar-refractivity contribution in [2.24, 2.45) is 7.05 Å². The van der Waals surface area contributed by atoms with Gasteiger partial charge in [0.15, 0.2) is 5.82 Å². The first-order chi connectivity index (χ1) is 16.3. The molecule has 0 atom stereocenters. The maximum absolute atomic E-state index is 14.2. The number of aromatic nitrogens is 7. The Hall–Kier alpha value is -3.95. The summed E-state index contributed by atoms with van der Waals surface area (Å²) in [6.07, 6.45) is 3.70. The van der Waals surface area contributed by atoms with Gasteiger partial charge in [0.2, 0.25) is 0 Å². The molecule has 0 radical (unpaired) electrons. The second kappa shape index (κ2) is 8.44. The van der Waals surface area contributed by atoms with E-state index in [-0.39, 0.29) is 17.9 Å². The summed E-state index contributed by atoms with van der Waals surface area (Å²) in [4.78, 5) is 20.3. The van der Waals surface area contributed by atoms with E-state index in [0.717, 1.165) is 42.6 Å². The highest BCUT2D eigenvalue weighted by molar-refractivity contribution is 5.49. The van der Waals surface area contributed by atoms with Gasteiger partial charge in [-0.15, -0.1) is 5.10 Å². The van der Waals surface area contributed by atoms with E-state index in [1.165, 1.54) is 6.07 Å². The summed E-state index contributed by atoms with van der Waals surface area (Å²) in [7, 11) is 1.99. The van der Waals surface area contributed by atoms with Gasteiger partial charge < -0.3 is 9.47 Å². The quantitative estimate of drug-likeness (QED) is 0.436. The lowest BCUT2D eigenvalue weighted by Crippen LogP contribution is -2.46. The molecule has 4 aromatic rings. The standard InChI is InChI=1S/C24H24F2N8/c1-5-19-11-27-24(32(19)4)17-12-33(13-17)21-10-23(29-14(2)28-21)34-22(30-15(3)31-34)9-16-8-18(25)6-7-20(16)26/h5-8,10-11,17H,1,9,12-13H2,2-4H3. The Kier molecular flexibility index (Phi) is 5.43. The zero-order valence-electron chi connectivity index (χ0n) is 19.2. The molecule has 0 amide bonds. The number of hydrogen-bond acceptors (Lipinski definition) is 6. The normalized spacial score (nSPS) is 13.9. The van der Waals surface area contributed by atoms with E-state index in [2.05, 4.69) is 41.1 Å². The Labute approximate surface area is 195 Å². The van der Waals surface area contributed by atoms with Crippen LogP contribution in [0.4, 0.5) is 14.6 Å². The molecule has 4 heterocycles. The van der Waals surface area contributed by atoms with Crippen molar-refractivity contribution in [2.45, 2.75) is 26.2 Å². The Bertz CT molecular complexity index is 1380. The smallest absolute Gasteiger partial charge is 0.161 e. The minimum absolute atomic E-state index is 0.0827. The van der Waals surface area contributed by atoms with E-state index in [9.17, 15) is 8.78 Å². The first-order valence-corrected chi connectivity index (χ1v) is 10.9. The fraction of sp³-hybridized carbons (Fsp3) is 0.292. The number of benzene rings is 1. The SMILES string of the molecule is C=Cc1cnc(C2CN(c3cc(-n4nc(C)nc4Cc4cc(F)ccc4F)nc(C)n3)C2)n1C. The Morgan fingerprint density at radius 2 is 1.82 bits per heavy atom. The number of rotatable bonds is 6. The first kappa shape index (κ1) is 21.9. The van der Waals surface area contributed by atoms with Gasteiger partial charge in [-0.05, 0) is 43.7 Å². The lowest BCUT2D eigenvalue weighted by Gasteiger charge is -2.39. The van der Waals surface area contributed by atoms with Gasteiger partial charge in [0.05, 0.1) is 17.8 Å². The molecule has 1 aliphatic rings. The molecule has 0 N–H and O–H groups in total. The van der Waals surface area contributed by atoms with Crippen LogP contribution in [-0.2, 0) is 13.5 Å². The average molecular weight is 463 g/mol. The van der Waals surface area contributed by atoms with E-state index in [1.807, 2.05) is 26.2 Å². The second-order valence-electron chi connectivity index (χ2n) is 8.44. The van der Waals surface area contributed by atoms with Crippen LogP contribution in [0.5, 0.6) is 0 Å². The van der Waals surface area contributed by atoms with Crippen molar-refractivity contribution >= 4 is 11.9 Å². The molecule has 3 aromatic heterocycles. The van der Waals surface area contributed by atoms with Crippen molar-refractivity contribution in [3.8, 4) is 5.82 Å². The average Bonchev–Trinajstić information content (AvgIpc) is 3.31. The van der Waals surface area contributed by atoms with E-state index < -0.39 is 11.6 Å². The molecule has 1 saturated heterocycles. The lowest BCUT2D eigenvalue weighted by atomic mass is 9.99. The summed E-state index contributed by atoms with van der Waals surface area (Å²) in [5.41, 5.74) is 1.19. The maximum Gasteiger partial charge on any atom is 0.161 e. The zero-order valence-corrected chi connectivity index (χ0v) is 19.2. The van der Waals surface area contributed by atoms with Crippen molar-refractivity contribution in [1.29, 1.82) is 0 Å². The van der Waals surface area contributed by atoms with E-state index in [0.29, 0.717) is 23.3 Å². The number of aryl methyl sites for hydroxylation is 2. The Morgan fingerprint density at radius 3 is 2.56 bits per heavy atom. The fourth-order valence-corrected chi connectivity index (χ4v) is 4.25. The van der Waals surface area contributed by atoms with E-state index >= 15 is 0 Å². The highest BCUT2D eigenvalue weighted by atomic mass is 19.1. The molecule has 1 aliphatic heterocycles. The number of nitrogens with zero attached hydrogens (tertiary/aromatic N) is 8. The molecule has 0 bridgehead atoms. The van der Waals surface area contributed by atoms with Crippen LogP contribution < -0.4 is 4.90 Å². The number of halogens is 2. The Balaban J connectivity index is 1.41. The summed E-state index contributed by atoms with van der Waals surface area (Å²) >= 11 is 0. The van der Waals surface area contributed by atoms with Gasteiger partial charge in [0.1, 0.15) is 40.7 Å². The highest BCUT2D eigenvalue weighted by Crippen LogP contribution is 2.31. The number of anilines is 1. The van der Waals surface area contributed by atoms with Crippen LogP contribution in [0, 0.1) is 25.5 Å². The molecule has 1 aromatic carbocycles. The minimum Gasteiger partial charge on any atom is -0.355 e. The molecule has 0 spiro atoms. The molecule has 174 valence electrons. The number of imidazole rings is 1. The molecule has 5 rings (SSSR count). The topological polar surface area (TPSA) is 77.6 Å². The maximum atomic E-state index is 14.2. The highest BCUT2D eigenvalue weighted by Gasteiger charge is 2.33. The third-order valence-corrected chi connectivity index (χ3v) is 6.00. The molecular formula is C24H24F2N8. The summed E-state index contributed by atoms with van der Waals surface area (Å²) in [6, 6.07) is 5.23. The molecular weight excluding hydrogens is 438 g/mol. The largest absolute Gasteiger partial charge is 0.355 e. The summed E-state index contributed by atoms with van der Waals surface area (Å²) in [5, 5.41) is 4.46. The predicted molar refractivity (Wildman–Crippen MR) is 124 cm³/mol. The van der Waals surface area contributed by atoms with Gasteiger partial charge in [0, 0.05) is 32.6 Å². The van der Waals surface area contributed by atoms with Crippen LogP contribution in [0.25, 0.3) is 11.9 Å². The summed E-state index contributed by atoms with van der Waals surface area (Å²) in [5.74, 6) is 3.18. The third-order valence-electron chi connectivity index (χ3n) is 6.00. The second-order valence-corrected chi connectivity index (χ2v) is 8.44. The van der Waals surface area contributed by atoms with Crippen LogP contribution in [0.3, 0.4) is 0 Å². The minimum atomic E-state index is -0.500. The zero-order chi connectivity index (χ0) is 24.0. The third kappa shape index (κ3) is 3.95. The molecule has 1 fully saturated rings. The fourth-order valence-electron chi connectivity index (χ4n) is 4.25. The van der Waals surface area contributed by atoms with E-state index in [4.69, 9.17) is 0 Å². The van der Waals surface area contributed by atoms with Gasteiger partial charge >= 0.3 is 0 Å². The van der Waals surface area contributed by atoms with Crippen LogP contribution in [0.15, 0.2) is 37.0 Å². The number of hydrogen-bond donors (Lipinski definition) is 0. The van der Waals surface area contributed by atoms with Crippen LogP contribution >= 0.6 is 0 Å². The van der Waals surface area contributed by atoms with Gasteiger partial charge in [-0.2, -0.15) is 4.68 Å². The van der Waals surface area contributed by atoms with E-state index in [1.54, 1.807) is 17.7 Å². The first-order valence-electron chi connectivity index (χ1n) is 10.9. The van der Waals surface area contributed by atoms with Crippen molar-refractivity contribution in [2.75, 3.05) is 18.0 Å². The Morgan fingerprint density at radius 1 is 1.06 bits per heavy atom. The molecule has 0 unspecified atom stereocenters. The monoisotopic (exact) mass is 462 g/mol. The molecule has 0 saturated carbocycles. The van der Waals surface area contributed by atoms with Gasteiger partial charge in [-0.1, -0.05) is 6.58 Å². The van der Waals surface area contributed by atoms with Gasteiger partial charge in [0.25, 0.3) is 0 Å². The van der Waals surface area contributed by atoms with Gasteiger partial charge in [-0.25, -0.2) is 28.7 Å². The van der Waals surface area contributed by atoms with Crippen molar-refractivity contribution in [1.82, 2.24) is 34.3 Å². The van der Waals surface area contributed by atoms with Crippen LogP contribution in [0.2, 0.25) is 0 Å². The van der Waals surface area contributed by atoms with Crippen molar-refractivity contribution < 1.29 is 8.78 Å². The van der Waals surface area contributed by atoms with Crippen molar-refractivity contribution in [3.63, 3.8) is 0 Å². The molecule has 0 aliphatic carbocycles. The van der Waals surface area contributed by atoms with Crippen LogP contribution in [0.1, 0.15) is 40.5 Å². The molecule has 10 heteroatoms. The van der Waals surface area contributed by atoms with Gasteiger partial charge in [-0.3, -0.25) is 0 Å². The summed E-state index contributed by atoms with van der Waals surface area (Å²) in [6.45, 7) is 8.93.